The molecule has 1 spiro atoms. The van der Waals surface area contributed by atoms with E-state index in [9.17, 15) is 0 Å². The molecule has 0 saturated heterocycles. The Balaban J connectivity index is 1.79. The summed E-state index contributed by atoms with van der Waals surface area (Å²) in [6.45, 7) is 0. The molecular weight excluding hydrogens is 314 g/mol. The van der Waals surface area contributed by atoms with Crippen molar-refractivity contribution in [2.24, 2.45) is 0 Å². The van der Waals surface area contributed by atoms with Gasteiger partial charge in [0.1, 0.15) is 0 Å². The van der Waals surface area contributed by atoms with Crippen molar-refractivity contribution < 1.29 is 0 Å². The van der Waals surface area contributed by atoms with Crippen molar-refractivity contribution in [1.29, 1.82) is 0 Å². The molecule has 2 aromatic rings. The first-order valence-electron chi connectivity index (χ1n) is 9.94. The van der Waals surface area contributed by atoms with Crippen LogP contribution in [-0.4, -0.2) is 0 Å². The number of fused-ring (bicyclic) bond motifs is 8. The van der Waals surface area contributed by atoms with E-state index in [2.05, 4.69) is 54.6 Å². The quantitative estimate of drug-likeness (QED) is 0.585. The van der Waals surface area contributed by atoms with Gasteiger partial charge in [0.15, 0.2) is 0 Å². The predicted octanol–water partition coefficient (Wildman–Crippen LogP) is 6.01. The van der Waals surface area contributed by atoms with Crippen LogP contribution in [0.1, 0.15) is 60.8 Å². The Kier molecular flexibility index (Phi) is 2.81. The molecule has 0 amide bonds. The lowest BCUT2D eigenvalue weighted by atomic mass is 9.65. The van der Waals surface area contributed by atoms with E-state index in [4.69, 9.17) is 5.73 Å². The third-order valence-electron chi connectivity index (χ3n) is 6.94. The number of hydrogen-bond donors (Lipinski definition) is 1. The van der Waals surface area contributed by atoms with Crippen LogP contribution in [0.15, 0.2) is 65.8 Å². The fourth-order valence-electron chi connectivity index (χ4n) is 6.08. The standard InChI is InChI=1S/C25H23N/c26-16-13-14-20-19-9-3-6-12-23(19)25(24(20)15-16)21-10-4-1-7-17(21)18-8-2-5-11-22(18)25/h1-2,4,7-8,10,13-15H,3,5-6,9,11-12,26H2. The van der Waals surface area contributed by atoms with Crippen molar-refractivity contribution >= 4 is 16.8 Å². The molecule has 26 heavy (non-hydrogen) atoms. The Bertz CT molecular complexity index is 1050. The summed E-state index contributed by atoms with van der Waals surface area (Å²) in [5.41, 5.74) is 19.4. The predicted molar refractivity (Wildman–Crippen MR) is 109 cm³/mol. The maximum atomic E-state index is 6.31. The Labute approximate surface area is 154 Å². The minimum Gasteiger partial charge on any atom is -0.399 e. The Hall–Kier alpha value is -2.54. The van der Waals surface area contributed by atoms with Crippen molar-refractivity contribution in [2.45, 2.75) is 43.9 Å². The number of benzene rings is 2. The summed E-state index contributed by atoms with van der Waals surface area (Å²) in [5, 5.41) is 0. The van der Waals surface area contributed by atoms with E-state index in [1.807, 2.05) is 0 Å². The van der Waals surface area contributed by atoms with Gasteiger partial charge in [0, 0.05) is 5.69 Å². The van der Waals surface area contributed by atoms with Gasteiger partial charge in [-0.25, -0.2) is 0 Å². The molecule has 0 aromatic heterocycles. The SMILES string of the molecule is Nc1ccc2c(c1)C1(C3=C(C=CCC3)c3ccccc31)C1=C2CCCC1. The number of nitrogens with two attached hydrogens (primary N) is 1. The first kappa shape index (κ1) is 14.6. The Morgan fingerprint density at radius 2 is 1.69 bits per heavy atom. The zero-order valence-corrected chi connectivity index (χ0v) is 15.0. The van der Waals surface area contributed by atoms with Gasteiger partial charge in [-0.2, -0.15) is 0 Å². The van der Waals surface area contributed by atoms with E-state index in [0.29, 0.717) is 0 Å². The third-order valence-corrected chi connectivity index (χ3v) is 6.94. The topological polar surface area (TPSA) is 26.0 Å². The molecule has 1 heteroatoms. The van der Waals surface area contributed by atoms with Gasteiger partial charge in [-0.15, -0.1) is 0 Å². The monoisotopic (exact) mass is 337 g/mol. The van der Waals surface area contributed by atoms with Gasteiger partial charge < -0.3 is 5.73 Å². The molecule has 1 unspecified atom stereocenters. The summed E-state index contributed by atoms with van der Waals surface area (Å²) in [7, 11) is 0. The highest BCUT2D eigenvalue weighted by Gasteiger charge is 2.53. The molecule has 0 aliphatic heterocycles. The second-order valence-corrected chi connectivity index (χ2v) is 8.10. The molecule has 0 radical (unpaired) electrons. The maximum Gasteiger partial charge on any atom is 0.0649 e. The second-order valence-electron chi connectivity index (χ2n) is 8.10. The van der Waals surface area contributed by atoms with Crippen molar-refractivity contribution in [3.05, 3.63) is 88.0 Å². The zero-order chi connectivity index (χ0) is 17.3. The summed E-state index contributed by atoms with van der Waals surface area (Å²) in [5.74, 6) is 0. The highest BCUT2D eigenvalue weighted by molar-refractivity contribution is 5.96. The van der Waals surface area contributed by atoms with Crippen molar-refractivity contribution in [1.82, 2.24) is 0 Å². The van der Waals surface area contributed by atoms with E-state index in [-0.39, 0.29) is 5.41 Å². The number of anilines is 1. The van der Waals surface area contributed by atoms with Crippen molar-refractivity contribution in [3.63, 3.8) is 0 Å². The summed E-state index contributed by atoms with van der Waals surface area (Å²) >= 11 is 0. The zero-order valence-electron chi connectivity index (χ0n) is 15.0. The summed E-state index contributed by atoms with van der Waals surface area (Å²) in [6, 6.07) is 15.8. The van der Waals surface area contributed by atoms with Gasteiger partial charge in [0.05, 0.1) is 5.41 Å². The van der Waals surface area contributed by atoms with Crippen LogP contribution in [0, 0.1) is 0 Å². The molecule has 0 bridgehead atoms. The smallest absolute Gasteiger partial charge is 0.0649 e. The molecule has 0 heterocycles. The number of allylic oxidation sites excluding steroid dienone is 6. The van der Waals surface area contributed by atoms with E-state index in [1.54, 1.807) is 16.7 Å². The fraction of sp³-hybridized carbons (Fsp3) is 0.280. The van der Waals surface area contributed by atoms with E-state index < -0.39 is 0 Å². The van der Waals surface area contributed by atoms with E-state index in [0.717, 1.165) is 18.5 Å². The van der Waals surface area contributed by atoms with Gasteiger partial charge in [0.25, 0.3) is 0 Å². The molecular formula is C25H23N. The van der Waals surface area contributed by atoms with Crippen LogP contribution in [-0.2, 0) is 5.41 Å². The van der Waals surface area contributed by atoms with Crippen LogP contribution in [0.3, 0.4) is 0 Å². The van der Waals surface area contributed by atoms with Crippen LogP contribution < -0.4 is 5.73 Å². The molecule has 1 nitrogen and oxygen atoms in total. The Morgan fingerprint density at radius 3 is 2.65 bits per heavy atom. The minimum atomic E-state index is -0.0445. The first-order chi connectivity index (χ1) is 12.8. The van der Waals surface area contributed by atoms with Gasteiger partial charge in [-0.05, 0) is 95.2 Å². The second kappa shape index (κ2) is 5.01. The molecule has 2 aromatic carbocycles. The van der Waals surface area contributed by atoms with Gasteiger partial charge in [-0.1, -0.05) is 42.5 Å². The van der Waals surface area contributed by atoms with Crippen LogP contribution in [0.4, 0.5) is 5.69 Å². The molecule has 128 valence electrons. The molecule has 4 aliphatic rings. The lowest BCUT2D eigenvalue weighted by Crippen LogP contribution is -2.29. The normalized spacial score (nSPS) is 25.4. The van der Waals surface area contributed by atoms with Crippen molar-refractivity contribution in [3.8, 4) is 0 Å². The Morgan fingerprint density at radius 1 is 0.808 bits per heavy atom. The van der Waals surface area contributed by atoms with Gasteiger partial charge >= 0.3 is 0 Å². The van der Waals surface area contributed by atoms with Gasteiger partial charge in [0.2, 0.25) is 0 Å². The highest BCUT2D eigenvalue weighted by Crippen LogP contribution is 2.64. The molecule has 0 fully saturated rings. The number of hydrogen-bond acceptors (Lipinski definition) is 1. The third kappa shape index (κ3) is 1.58. The summed E-state index contributed by atoms with van der Waals surface area (Å²) < 4.78 is 0. The van der Waals surface area contributed by atoms with E-state index >= 15 is 0 Å². The average Bonchev–Trinajstić information content (AvgIpc) is 3.15. The van der Waals surface area contributed by atoms with Crippen molar-refractivity contribution in [2.75, 3.05) is 5.73 Å². The number of rotatable bonds is 0. The molecule has 1 atom stereocenters. The lowest BCUT2D eigenvalue weighted by Gasteiger charge is -2.36. The molecule has 0 saturated carbocycles. The van der Waals surface area contributed by atoms with Crippen LogP contribution in [0.5, 0.6) is 0 Å². The number of nitrogen functional groups attached to an aromatic ring is 1. The maximum absolute atomic E-state index is 6.31. The van der Waals surface area contributed by atoms with Gasteiger partial charge in [-0.3, -0.25) is 0 Å². The molecule has 4 aliphatic carbocycles. The largest absolute Gasteiger partial charge is 0.399 e. The fourth-order valence-corrected chi connectivity index (χ4v) is 6.08. The molecule has 2 N–H and O–H groups in total. The van der Waals surface area contributed by atoms with E-state index in [1.165, 1.54) is 53.5 Å². The summed E-state index contributed by atoms with van der Waals surface area (Å²) in [6.07, 6.45) is 12.1. The highest BCUT2D eigenvalue weighted by atomic mass is 14.6. The van der Waals surface area contributed by atoms with Crippen LogP contribution in [0.25, 0.3) is 11.1 Å². The molecule has 6 rings (SSSR count). The average molecular weight is 337 g/mol. The minimum absolute atomic E-state index is 0.0445. The first-order valence-corrected chi connectivity index (χ1v) is 9.94. The summed E-state index contributed by atoms with van der Waals surface area (Å²) in [4.78, 5) is 0. The van der Waals surface area contributed by atoms with Crippen LogP contribution in [0.2, 0.25) is 0 Å². The lowest BCUT2D eigenvalue weighted by molar-refractivity contribution is 0.616. The van der Waals surface area contributed by atoms with Crippen LogP contribution >= 0.6 is 0 Å².